The summed E-state index contributed by atoms with van der Waals surface area (Å²) in [6, 6.07) is 0.196. The predicted octanol–water partition coefficient (Wildman–Crippen LogP) is 2.53. The van der Waals surface area contributed by atoms with Crippen LogP contribution in [0.3, 0.4) is 0 Å². The molecule has 0 aliphatic rings. The second-order valence-electron chi connectivity index (χ2n) is 4.53. The van der Waals surface area contributed by atoms with E-state index < -0.39 is 0 Å². The lowest BCUT2D eigenvalue weighted by atomic mass is 10.2. The van der Waals surface area contributed by atoms with Crippen molar-refractivity contribution in [2.24, 2.45) is 0 Å². The Morgan fingerprint density at radius 2 is 2.00 bits per heavy atom. The lowest BCUT2D eigenvalue weighted by molar-refractivity contribution is 0.222. The summed E-state index contributed by atoms with van der Waals surface area (Å²) in [6.07, 6.45) is -0.0381. The fourth-order valence-corrected chi connectivity index (χ4v) is 1.75. The number of aryl methyl sites for hydroxylation is 2. The zero-order chi connectivity index (χ0) is 14.7. The Hall–Kier alpha value is -1.89. The van der Waals surface area contributed by atoms with Gasteiger partial charge in [-0.25, -0.2) is 0 Å². The van der Waals surface area contributed by atoms with Crippen LogP contribution in [0.4, 0.5) is 5.95 Å². The Labute approximate surface area is 121 Å². The van der Waals surface area contributed by atoms with Gasteiger partial charge in [-0.15, -0.1) is 0 Å². The van der Waals surface area contributed by atoms with Crippen LogP contribution < -0.4 is 10.1 Å². The van der Waals surface area contributed by atoms with E-state index in [4.69, 9.17) is 20.9 Å². The van der Waals surface area contributed by atoms with Crippen molar-refractivity contribution in [2.75, 3.05) is 5.32 Å². The predicted molar refractivity (Wildman–Crippen MR) is 73.9 cm³/mol. The molecule has 108 valence electrons. The van der Waals surface area contributed by atoms with E-state index in [0.29, 0.717) is 12.5 Å². The van der Waals surface area contributed by atoms with Crippen LogP contribution in [0.5, 0.6) is 6.01 Å². The molecule has 0 bridgehead atoms. The number of hydrogen-bond donors (Lipinski definition) is 1. The van der Waals surface area contributed by atoms with Gasteiger partial charge in [-0.3, -0.25) is 0 Å². The molecule has 0 saturated heterocycles. The number of rotatable bonds is 5. The molecule has 0 saturated carbocycles. The van der Waals surface area contributed by atoms with E-state index >= 15 is 0 Å². The van der Waals surface area contributed by atoms with Crippen molar-refractivity contribution in [3.63, 3.8) is 0 Å². The van der Waals surface area contributed by atoms with E-state index in [9.17, 15) is 0 Å². The molecule has 0 atom stereocenters. The minimum atomic E-state index is -0.0381. The van der Waals surface area contributed by atoms with Crippen LogP contribution in [0.25, 0.3) is 0 Å². The van der Waals surface area contributed by atoms with Gasteiger partial charge in [0.15, 0.2) is 0 Å². The maximum absolute atomic E-state index is 5.84. The molecule has 0 amide bonds. The van der Waals surface area contributed by atoms with Crippen molar-refractivity contribution in [3.05, 3.63) is 22.3 Å². The highest BCUT2D eigenvalue weighted by atomic mass is 35.5. The molecule has 7 nitrogen and oxygen atoms in total. The number of ether oxygens (including phenoxy) is 1. The van der Waals surface area contributed by atoms with Crippen molar-refractivity contribution in [3.8, 4) is 6.01 Å². The molecule has 2 rings (SSSR count). The monoisotopic (exact) mass is 297 g/mol. The molecule has 2 aromatic rings. The van der Waals surface area contributed by atoms with Gasteiger partial charge in [0.1, 0.15) is 5.76 Å². The third kappa shape index (κ3) is 3.57. The van der Waals surface area contributed by atoms with Crippen LogP contribution in [0.1, 0.15) is 30.9 Å². The number of anilines is 1. The maximum Gasteiger partial charge on any atom is 0.322 e. The van der Waals surface area contributed by atoms with Crippen LogP contribution in [-0.4, -0.2) is 26.2 Å². The molecular weight excluding hydrogens is 282 g/mol. The molecule has 0 aromatic carbocycles. The zero-order valence-electron chi connectivity index (χ0n) is 11.8. The van der Waals surface area contributed by atoms with Crippen LogP contribution in [-0.2, 0) is 6.54 Å². The molecule has 0 radical (unpaired) electrons. The van der Waals surface area contributed by atoms with E-state index in [0.717, 1.165) is 17.0 Å². The molecule has 0 unspecified atom stereocenters. The summed E-state index contributed by atoms with van der Waals surface area (Å²) in [6.45, 7) is 7.98. The van der Waals surface area contributed by atoms with E-state index in [1.54, 1.807) is 0 Å². The smallest absolute Gasteiger partial charge is 0.322 e. The largest absolute Gasteiger partial charge is 0.461 e. The Morgan fingerprint density at radius 1 is 1.25 bits per heavy atom. The highest BCUT2D eigenvalue weighted by Gasteiger charge is 2.11. The third-order valence-corrected chi connectivity index (χ3v) is 2.70. The first-order chi connectivity index (χ1) is 9.45. The normalized spacial score (nSPS) is 10.9. The van der Waals surface area contributed by atoms with Gasteiger partial charge in [-0.2, -0.15) is 15.0 Å². The SMILES string of the molecule is Cc1noc(C)c1CNc1nc(Cl)nc(OC(C)C)n1. The van der Waals surface area contributed by atoms with E-state index in [-0.39, 0.29) is 17.4 Å². The van der Waals surface area contributed by atoms with Crippen LogP contribution >= 0.6 is 11.6 Å². The second kappa shape index (κ2) is 6.04. The van der Waals surface area contributed by atoms with Gasteiger partial charge < -0.3 is 14.6 Å². The molecule has 2 aromatic heterocycles. The zero-order valence-corrected chi connectivity index (χ0v) is 12.5. The van der Waals surface area contributed by atoms with Gasteiger partial charge in [0.25, 0.3) is 0 Å². The van der Waals surface area contributed by atoms with Gasteiger partial charge in [0.05, 0.1) is 11.8 Å². The van der Waals surface area contributed by atoms with Crippen molar-refractivity contribution in [1.82, 2.24) is 20.1 Å². The number of nitrogens with one attached hydrogen (secondary N) is 1. The van der Waals surface area contributed by atoms with Gasteiger partial charge in [-0.1, -0.05) is 5.16 Å². The molecule has 1 N–H and O–H groups in total. The van der Waals surface area contributed by atoms with Crippen molar-refractivity contribution >= 4 is 17.5 Å². The van der Waals surface area contributed by atoms with Gasteiger partial charge >= 0.3 is 6.01 Å². The molecule has 0 aliphatic carbocycles. The molecule has 2 heterocycles. The number of halogens is 1. The average molecular weight is 298 g/mol. The molecule has 0 spiro atoms. The summed E-state index contributed by atoms with van der Waals surface area (Å²) in [7, 11) is 0. The molecule has 0 fully saturated rings. The lowest BCUT2D eigenvalue weighted by Crippen LogP contribution is -2.11. The summed E-state index contributed by atoms with van der Waals surface area (Å²) in [4.78, 5) is 12.0. The molecule has 0 aliphatic heterocycles. The van der Waals surface area contributed by atoms with Gasteiger partial charge in [-0.05, 0) is 39.3 Å². The minimum Gasteiger partial charge on any atom is -0.461 e. The number of aromatic nitrogens is 4. The summed E-state index contributed by atoms with van der Waals surface area (Å²) in [5.74, 6) is 1.11. The quantitative estimate of drug-likeness (QED) is 0.907. The number of nitrogens with zero attached hydrogens (tertiary/aromatic N) is 4. The first-order valence-corrected chi connectivity index (χ1v) is 6.57. The minimum absolute atomic E-state index is 0.0381. The Balaban J connectivity index is 2.11. The molecule has 8 heteroatoms. The summed E-state index contributed by atoms with van der Waals surface area (Å²) in [5.41, 5.74) is 1.79. The first kappa shape index (κ1) is 14.5. The van der Waals surface area contributed by atoms with Gasteiger partial charge in [0.2, 0.25) is 11.2 Å². The van der Waals surface area contributed by atoms with E-state index in [2.05, 4.69) is 25.4 Å². The Morgan fingerprint density at radius 3 is 2.60 bits per heavy atom. The van der Waals surface area contributed by atoms with Crippen LogP contribution in [0.2, 0.25) is 5.28 Å². The molecule has 20 heavy (non-hydrogen) atoms. The van der Waals surface area contributed by atoms with Crippen molar-refractivity contribution < 1.29 is 9.26 Å². The third-order valence-electron chi connectivity index (χ3n) is 2.53. The maximum atomic E-state index is 5.84. The summed E-state index contributed by atoms with van der Waals surface area (Å²) in [5, 5.41) is 7.02. The lowest BCUT2D eigenvalue weighted by Gasteiger charge is -2.09. The Bertz CT molecular complexity index is 580. The number of hydrogen-bond acceptors (Lipinski definition) is 7. The molecular formula is C12H16ClN5O2. The van der Waals surface area contributed by atoms with E-state index in [1.165, 1.54) is 0 Å². The highest BCUT2D eigenvalue weighted by Crippen LogP contribution is 2.16. The summed E-state index contributed by atoms with van der Waals surface area (Å²) < 4.78 is 10.5. The van der Waals surface area contributed by atoms with Crippen LogP contribution in [0.15, 0.2) is 4.52 Å². The Kier molecular flexibility index (Phi) is 4.39. The topological polar surface area (TPSA) is 86.0 Å². The standard InChI is InChI=1S/C12H16ClN5O2/c1-6(2)19-12-16-10(13)15-11(17-12)14-5-9-7(3)18-20-8(9)4/h6H,5H2,1-4H3,(H,14,15,16,17). The van der Waals surface area contributed by atoms with Crippen molar-refractivity contribution in [2.45, 2.75) is 40.3 Å². The first-order valence-electron chi connectivity index (χ1n) is 6.19. The van der Waals surface area contributed by atoms with Crippen molar-refractivity contribution in [1.29, 1.82) is 0 Å². The highest BCUT2D eigenvalue weighted by molar-refractivity contribution is 6.28. The van der Waals surface area contributed by atoms with Crippen LogP contribution in [0, 0.1) is 13.8 Å². The van der Waals surface area contributed by atoms with E-state index in [1.807, 2.05) is 27.7 Å². The van der Waals surface area contributed by atoms with Gasteiger partial charge in [0, 0.05) is 12.1 Å². The fourth-order valence-electron chi connectivity index (χ4n) is 1.60. The summed E-state index contributed by atoms with van der Waals surface area (Å²) >= 11 is 5.84. The second-order valence-corrected chi connectivity index (χ2v) is 4.87. The fraction of sp³-hybridized carbons (Fsp3) is 0.500. The average Bonchev–Trinajstić information content (AvgIpc) is 2.65.